The standard InChI is InChI=1S/C15H22N2OS/c1-11-5-6-13(16)14(8-11)19-10-15(18)17-7-3-4-12(2)9-17/h5-6,8,12H,3-4,7,9-10,16H2,1-2H3. The van der Waals surface area contributed by atoms with Crippen molar-refractivity contribution in [3.63, 3.8) is 0 Å². The van der Waals surface area contributed by atoms with E-state index in [0.29, 0.717) is 11.7 Å². The molecule has 1 saturated heterocycles. The molecule has 0 bridgehead atoms. The summed E-state index contributed by atoms with van der Waals surface area (Å²) in [5.41, 5.74) is 7.87. The maximum atomic E-state index is 12.2. The molecule has 0 spiro atoms. The molecule has 1 aliphatic heterocycles. The number of likely N-dealkylation sites (tertiary alicyclic amines) is 1. The van der Waals surface area contributed by atoms with Crippen LogP contribution in [0.4, 0.5) is 5.69 Å². The summed E-state index contributed by atoms with van der Waals surface area (Å²) in [6.07, 6.45) is 2.37. The molecule has 0 saturated carbocycles. The minimum absolute atomic E-state index is 0.234. The molecule has 1 amide bonds. The number of aryl methyl sites for hydroxylation is 1. The molecule has 4 heteroatoms. The number of benzene rings is 1. The second kappa shape index (κ2) is 6.33. The summed E-state index contributed by atoms with van der Waals surface area (Å²) in [5.74, 6) is 1.35. The van der Waals surface area contributed by atoms with Crippen molar-refractivity contribution >= 4 is 23.4 Å². The van der Waals surface area contributed by atoms with Gasteiger partial charge in [-0.2, -0.15) is 0 Å². The number of carbonyl (C=O) groups excluding carboxylic acids is 1. The van der Waals surface area contributed by atoms with Gasteiger partial charge in [-0.1, -0.05) is 13.0 Å². The van der Waals surface area contributed by atoms with E-state index in [4.69, 9.17) is 5.73 Å². The van der Waals surface area contributed by atoms with E-state index in [-0.39, 0.29) is 5.91 Å². The largest absolute Gasteiger partial charge is 0.398 e. The number of hydrogen-bond donors (Lipinski definition) is 1. The molecule has 1 unspecified atom stereocenters. The summed E-state index contributed by atoms with van der Waals surface area (Å²) in [6, 6.07) is 5.95. The van der Waals surface area contributed by atoms with E-state index in [9.17, 15) is 4.79 Å². The first kappa shape index (κ1) is 14.3. The van der Waals surface area contributed by atoms with E-state index >= 15 is 0 Å². The van der Waals surface area contributed by atoms with Crippen molar-refractivity contribution in [3.05, 3.63) is 23.8 Å². The molecule has 0 aromatic heterocycles. The molecule has 1 fully saturated rings. The monoisotopic (exact) mass is 278 g/mol. The smallest absolute Gasteiger partial charge is 0.232 e. The van der Waals surface area contributed by atoms with Gasteiger partial charge in [0.15, 0.2) is 0 Å². The lowest BCUT2D eigenvalue weighted by Crippen LogP contribution is -2.40. The van der Waals surface area contributed by atoms with Gasteiger partial charge in [0.05, 0.1) is 5.75 Å². The maximum Gasteiger partial charge on any atom is 0.232 e. The zero-order valence-corrected chi connectivity index (χ0v) is 12.5. The molecule has 3 nitrogen and oxygen atoms in total. The lowest BCUT2D eigenvalue weighted by Gasteiger charge is -2.30. The van der Waals surface area contributed by atoms with Crippen LogP contribution < -0.4 is 5.73 Å². The molecule has 104 valence electrons. The van der Waals surface area contributed by atoms with E-state index in [1.54, 1.807) is 11.8 Å². The average Bonchev–Trinajstić information content (AvgIpc) is 2.39. The van der Waals surface area contributed by atoms with Gasteiger partial charge in [0.25, 0.3) is 0 Å². The average molecular weight is 278 g/mol. The van der Waals surface area contributed by atoms with E-state index in [1.165, 1.54) is 12.0 Å². The number of nitrogens with two attached hydrogens (primary N) is 1. The molecular weight excluding hydrogens is 256 g/mol. The predicted octanol–water partition coefficient (Wildman–Crippen LogP) is 2.93. The van der Waals surface area contributed by atoms with Gasteiger partial charge in [-0.25, -0.2) is 0 Å². The topological polar surface area (TPSA) is 46.3 Å². The summed E-state index contributed by atoms with van der Waals surface area (Å²) >= 11 is 1.55. The van der Waals surface area contributed by atoms with E-state index in [0.717, 1.165) is 30.1 Å². The third-order valence-corrected chi connectivity index (χ3v) is 4.59. The number of anilines is 1. The summed E-state index contributed by atoms with van der Waals surface area (Å²) in [6.45, 7) is 6.07. The van der Waals surface area contributed by atoms with Gasteiger partial charge < -0.3 is 10.6 Å². The van der Waals surface area contributed by atoms with Gasteiger partial charge in [-0.15, -0.1) is 11.8 Å². The number of piperidine rings is 1. The van der Waals surface area contributed by atoms with Gasteiger partial charge in [-0.3, -0.25) is 4.79 Å². The van der Waals surface area contributed by atoms with Crippen LogP contribution in [0.15, 0.2) is 23.1 Å². The third kappa shape index (κ3) is 3.90. The highest BCUT2D eigenvalue weighted by Crippen LogP contribution is 2.26. The highest BCUT2D eigenvalue weighted by Gasteiger charge is 2.20. The van der Waals surface area contributed by atoms with Crippen LogP contribution in [0.25, 0.3) is 0 Å². The molecule has 2 N–H and O–H groups in total. The Morgan fingerprint density at radius 1 is 1.53 bits per heavy atom. The Kier molecular flexibility index (Phi) is 4.75. The molecule has 19 heavy (non-hydrogen) atoms. The molecule has 2 rings (SSSR count). The van der Waals surface area contributed by atoms with Gasteiger partial charge >= 0.3 is 0 Å². The predicted molar refractivity (Wildman–Crippen MR) is 81.3 cm³/mol. The first-order valence-corrected chi connectivity index (χ1v) is 7.81. The fourth-order valence-electron chi connectivity index (χ4n) is 2.41. The van der Waals surface area contributed by atoms with E-state index in [1.807, 2.05) is 30.0 Å². The summed E-state index contributed by atoms with van der Waals surface area (Å²) in [7, 11) is 0. The summed E-state index contributed by atoms with van der Waals surface area (Å²) in [5, 5.41) is 0. The van der Waals surface area contributed by atoms with Crippen molar-refractivity contribution in [1.29, 1.82) is 0 Å². The number of nitrogens with zero attached hydrogens (tertiary/aromatic N) is 1. The Balaban J connectivity index is 1.91. The fraction of sp³-hybridized carbons (Fsp3) is 0.533. The molecule has 1 aromatic carbocycles. The molecule has 1 aromatic rings. The zero-order chi connectivity index (χ0) is 13.8. The molecule has 1 atom stereocenters. The first-order valence-electron chi connectivity index (χ1n) is 6.83. The molecule has 1 aliphatic rings. The maximum absolute atomic E-state index is 12.2. The van der Waals surface area contributed by atoms with Crippen molar-refractivity contribution in [3.8, 4) is 0 Å². The normalized spacial score (nSPS) is 19.5. The van der Waals surface area contributed by atoms with Crippen LogP contribution in [-0.4, -0.2) is 29.6 Å². The number of nitrogen functional groups attached to an aromatic ring is 1. The SMILES string of the molecule is Cc1ccc(N)c(SCC(=O)N2CCCC(C)C2)c1. The highest BCUT2D eigenvalue weighted by molar-refractivity contribution is 8.00. The zero-order valence-electron chi connectivity index (χ0n) is 11.7. The van der Waals surface area contributed by atoms with Crippen LogP contribution in [0.1, 0.15) is 25.3 Å². The number of rotatable bonds is 3. The van der Waals surface area contributed by atoms with Gasteiger partial charge in [0.1, 0.15) is 0 Å². The number of carbonyl (C=O) groups is 1. The second-order valence-corrected chi connectivity index (χ2v) is 6.43. The van der Waals surface area contributed by atoms with Crippen molar-refractivity contribution in [2.75, 3.05) is 24.6 Å². The van der Waals surface area contributed by atoms with Gasteiger partial charge in [0, 0.05) is 23.7 Å². The Labute approximate surface area is 119 Å². The minimum atomic E-state index is 0.234. The second-order valence-electron chi connectivity index (χ2n) is 5.42. The van der Waals surface area contributed by atoms with Crippen LogP contribution in [0, 0.1) is 12.8 Å². The number of amides is 1. The van der Waals surface area contributed by atoms with Gasteiger partial charge in [-0.05, 0) is 43.4 Å². The van der Waals surface area contributed by atoms with Crippen molar-refractivity contribution in [1.82, 2.24) is 4.90 Å². The molecule has 0 radical (unpaired) electrons. The number of thioether (sulfide) groups is 1. The Morgan fingerprint density at radius 3 is 3.05 bits per heavy atom. The van der Waals surface area contributed by atoms with E-state index < -0.39 is 0 Å². The summed E-state index contributed by atoms with van der Waals surface area (Å²) < 4.78 is 0. The highest BCUT2D eigenvalue weighted by atomic mass is 32.2. The van der Waals surface area contributed by atoms with Crippen LogP contribution in [0.3, 0.4) is 0 Å². The van der Waals surface area contributed by atoms with Crippen LogP contribution in [0.2, 0.25) is 0 Å². The molecular formula is C15H22N2OS. The lowest BCUT2D eigenvalue weighted by molar-refractivity contribution is -0.130. The Bertz CT molecular complexity index is 461. The molecule has 0 aliphatic carbocycles. The molecule has 1 heterocycles. The van der Waals surface area contributed by atoms with Crippen LogP contribution in [0.5, 0.6) is 0 Å². The van der Waals surface area contributed by atoms with Crippen molar-refractivity contribution < 1.29 is 4.79 Å². The van der Waals surface area contributed by atoms with E-state index in [2.05, 4.69) is 6.92 Å². The van der Waals surface area contributed by atoms with Crippen LogP contribution >= 0.6 is 11.8 Å². The lowest BCUT2D eigenvalue weighted by atomic mass is 10.0. The van der Waals surface area contributed by atoms with Crippen LogP contribution in [-0.2, 0) is 4.79 Å². The Morgan fingerprint density at radius 2 is 2.32 bits per heavy atom. The number of hydrogen-bond acceptors (Lipinski definition) is 3. The van der Waals surface area contributed by atoms with Crippen molar-refractivity contribution in [2.45, 2.75) is 31.6 Å². The van der Waals surface area contributed by atoms with Crippen molar-refractivity contribution in [2.24, 2.45) is 5.92 Å². The quantitative estimate of drug-likeness (QED) is 0.683. The first-order chi connectivity index (χ1) is 9.06. The fourth-order valence-corrected chi connectivity index (χ4v) is 3.38. The minimum Gasteiger partial charge on any atom is -0.398 e. The van der Waals surface area contributed by atoms with Gasteiger partial charge in [0.2, 0.25) is 5.91 Å². The Hall–Kier alpha value is -1.16. The third-order valence-electron chi connectivity index (χ3n) is 3.53. The summed E-state index contributed by atoms with van der Waals surface area (Å²) in [4.78, 5) is 15.2.